The number of halogens is 1. The van der Waals surface area contributed by atoms with E-state index in [0.29, 0.717) is 5.02 Å². The molecule has 0 bridgehead atoms. The van der Waals surface area contributed by atoms with E-state index in [2.05, 4.69) is 5.32 Å². The number of anilines is 1. The fourth-order valence-electron chi connectivity index (χ4n) is 3.39. The fraction of sp³-hybridized carbons (Fsp3) is 0.440. The number of nitrogens with one attached hydrogen (secondary N) is 1. The SMILES string of the molecule is CC[C@H](C)NC(=O)[C@@H](C)N(Cc1ccc(C)cc1)C(=O)CN(c1cc(Cl)ccc1OC)S(C)(=O)=O. The van der Waals surface area contributed by atoms with Gasteiger partial charge < -0.3 is 15.0 Å². The summed E-state index contributed by atoms with van der Waals surface area (Å²) in [5, 5.41) is 3.19. The standard InChI is InChI=1S/C25H34ClN3O5S/c1-7-18(3)27-25(31)19(4)28(15-20-10-8-17(2)9-11-20)24(30)16-29(35(6,32)33)22-14-21(26)12-13-23(22)34-5/h8-14,18-19H,7,15-16H2,1-6H3,(H,27,31)/t18-,19+/m0/s1. The van der Waals surface area contributed by atoms with Gasteiger partial charge in [0.25, 0.3) is 0 Å². The predicted molar refractivity (Wildman–Crippen MR) is 139 cm³/mol. The molecule has 10 heteroatoms. The maximum Gasteiger partial charge on any atom is 0.244 e. The fourth-order valence-corrected chi connectivity index (χ4v) is 4.40. The molecule has 0 heterocycles. The minimum atomic E-state index is -3.90. The van der Waals surface area contributed by atoms with Crippen LogP contribution in [0.1, 0.15) is 38.3 Å². The minimum Gasteiger partial charge on any atom is -0.495 e. The van der Waals surface area contributed by atoms with Crippen LogP contribution in [0.3, 0.4) is 0 Å². The van der Waals surface area contributed by atoms with Crippen molar-refractivity contribution in [3.8, 4) is 5.75 Å². The first-order valence-electron chi connectivity index (χ1n) is 11.3. The Morgan fingerprint density at radius 3 is 2.29 bits per heavy atom. The molecule has 0 radical (unpaired) electrons. The number of hydrogen-bond acceptors (Lipinski definition) is 5. The van der Waals surface area contributed by atoms with Gasteiger partial charge >= 0.3 is 0 Å². The van der Waals surface area contributed by atoms with Gasteiger partial charge in [0.15, 0.2) is 0 Å². The van der Waals surface area contributed by atoms with E-state index in [1.165, 1.54) is 24.1 Å². The Labute approximate surface area is 213 Å². The van der Waals surface area contributed by atoms with Crippen LogP contribution >= 0.6 is 11.6 Å². The smallest absolute Gasteiger partial charge is 0.244 e. The van der Waals surface area contributed by atoms with Gasteiger partial charge in [-0.25, -0.2) is 8.42 Å². The molecule has 2 aromatic rings. The predicted octanol–water partition coefficient (Wildman–Crippen LogP) is 3.76. The van der Waals surface area contributed by atoms with Crippen LogP contribution < -0.4 is 14.4 Å². The number of methoxy groups -OCH3 is 1. The Hall–Kier alpha value is -2.78. The van der Waals surface area contributed by atoms with Crippen molar-refractivity contribution in [3.63, 3.8) is 0 Å². The summed E-state index contributed by atoms with van der Waals surface area (Å²) in [6.45, 7) is 7.04. The van der Waals surface area contributed by atoms with E-state index in [4.69, 9.17) is 16.3 Å². The summed E-state index contributed by atoms with van der Waals surface area (Å²) >= 11 is 6.12. The van der Waals surface area contributed by atoms with Crippen LogP contribution in [-0.2, 0) is 26.2 Å². The van der Waals surface area contributed by atoms with Gasteiger partial charge in [0.2, 0.25) is 21.8 Å². The zero-order valence-electron chi connectivity index (χ0n) is 21.0. The Morgan fingerprint density at radius 2 is 1.74 bits per heavy atom. The average molecular weight is 524 g/mol. The van der Waals surface area contributed by atoms with Crippen molar-refractivity contribution in [2.75, 3.05) is 24.2 Å². The van der Waals surface area contributed by atoms with E-state index < -0.39 is 28.5 Å². The van der Waals surface area contributed by atoms with E-state index in [0.717, 1.165) is 28.1 Å². The first kappa shape index (κ1) is 28.5. The molecule has 0 aromatic heterocycles. The van der Waals surface area contributed by atoms with Gasteiger partial charge in [-0.05, 0) is 51.0 Å². The molecule has 192 valence electrons. The Morgan fingerprint density at radius 1 is 1.11 bits per heavy atom. The zero-order chi connectivity index (χ0) is 26.3. The second kappa shape index (κ2) is 12.3. The molecule has 2 amide bonds. The number of carbonyl (C=O) groups is 2. The van der Waals surface area contributed by atoms with Crippen LogP contribution in [0.25, 0.3) is 0 Å². The van der Waals surface area contributed by atoms with Gasteiger partial charge in [0.1, 0.15) is 18.3 Å². The first-order chi connectivity index (χ1) is 16.4. The van der Waals surface area contributed by atoms with Crippen molar-refractivity contribution in [1.82, 2.24) is 10.2 Å². The largest absolute Gasteiger partial charge is 0.495 e. The highest BCUT2D eigenvalue weighted by molar-refractivity contribution is 7.92. The van der Waals surface area contributed by atoms with Gasteiger partial charge in [-0.3, -0.25) is 13.9 Å². The molecule has 0 spiro atoms. The zero-order valence-corrected chi connectivity index (χ0v) is 22.6. The third-order valence-electron chi connectivity index (χ3n) is 5.73. The summed E-state index contributed by atoms with van der Waals surface area (Å²) in [5.74, 6) is -0.601. The molecule has 1 N–H and O–H groups in total. The lowest BCUT2D eigenvalue weighted by Crippen LogP contribution is -2.52. The molecule has 0 aliphatic carbocycles. The minimum absolute atomic E-state index is 0.0653. The van der Waals surface area contributed by atoms with E-state index in [-0.39, 0.29) is 29.9 Å². The highest BCUT2D eigenvalue weighted by Crippen LogP contribution is 2.33. The van der Waals surface area contributed by atoms with Gasteiger partial charge in [-0.2, -0.15) is 0 Å². The van der Waals surface area contributed by atoms with E-state index in [9.17, 15) is 18.0 Å². The highest BCUT2D eigenvalue weighted by Gasteiger charge is 2.31. The molecule has 8 nitrogen and oxygen atoms in total. The van der Waals surface area contributed by atoms with Crippen LogP contribution in [0.2, 0.25) is 5.02 Å². The molecular formula is C25H34ClN3O5S. The van der Waals surface area contributed by atoms with Gasteiger partial charge in [-0.15, -0.1) is 0 Å². The molecule has 0 aliphatic rings. The monoisotopic (exact) mass is 523 g/mol. The molecule has 0 unspecified atom stereocenters. The second-order valence-corrected chi connectivity index (χ2v) is 10.9. The number of carbonyl (C=O) groups excluding carboxylic acids is 2. The second-order valence-electron chi connectivity index (χ2n) is 8.59. The lowest BCUT2D eigenvalue weighted by atomic mass is 10.1. The number of hydrogen-bond donors (Lipinski definition) is 1. The average Bonchev–Trinajstić information content (AvgIpc) is 2.80. The number of rotatable bonds is 11. The number of ether oxygens (including phenoxy) is 1. The number of amides is 2. The molecule has 2 rings (SSSR count). The number of aryl methyl sites for hydroxylation is 1. The maximum atomic E-state index is 13.6. The topological polar surface area (TPSA) is 96.0 Å². The van der Waals surface area contributed by atoms with Crippen molar-refractivity contribution < 1.29 is 22.7 Å². The Balaban J connectivity index is 2.45. The molecule has 35 heavy (non-hydrogen) atoms. The lowest BCUT2D eigenvalue weighted by molar-refractivity contribution is -0.139. The normalized spacial score (nSPS) is 13.0. The van der Waals surface area contributed by atoms with E-state index in [1.54, 1.807) is 13.0 Å². The van der Waals surface area contributed by atoms with Crippen molar-refractivity contribution in [2.24, 2.45) is 0 Å². The van der Waals surface area contributed by atoms with Crippen molar-refractivity contribution >= 4 is 39.1 Å². The maximum absolute atomic E-state index is 13.6. The van der Waals surface area contributed by atoms with Crippen LogP contribution in [0, 0.1) is 6.92 Å². The van der Waals surface area contributed by atoms with Crippen LogP contribution in [0.15, 0.2) is 42.5 Å². The number of nitrogens with zero attached hydrogens (tertiary/aromatic N) is 2. The summed E-state index contributed by atoms with van der Waals surface area (Å²) < 4.78 is 31.7. The number of sulfonamides is 1. The molecule has 0 aliphatic heterocycles. The summed E-state index contributed by atoms with van der Waals surface area (Å²) in [4.78, 5) is 27.9. The van der Waals surface area contributed by atoms with Crippen molar-refractivity contribution in [1.29, 1.82) is 0 Å². The van der Waals surface area contributed by atoms with Gasteiger partial charge in [0.05, 0.1) is 19.1 Å². The summed E-state index contributed by atoms with van der Waals surface area (Å²) in [7, 11) is -2.49. The molecular weight excluding hydrogens is 490 g/mol. The molecule has 2 aromatic carbocycles. The quantitative estimate of drug-likeness (QED) is 0.484. The lowest BCUT2D eigenvalue weighted by Gasteiger charge is -2.32. The molecule has 0 saturated carbocycles. The Bertz CT molecular complexity index is 1140. The van der Waals surface area contributed by atoms with Crippen LogP contribution in [0.4, 0.5) is 5.69 Å². The van der Waals surface area contributed by atoms with E-state index in [1.807, 2.05) is 45.0 Å². The molecule has 2 atom stereocenters. The van der Waals surface area contributed by atoms with Crippen molar-refractivity contribution in [2.45, 2.75) is 52.7 Å². The van der Waals surface area contributed by atoms with Crippen LogP contribution in [-0.4, -0.2) is 57.1 Å². The van der Waals surface area contributed by atoms with Gasteiger partial charge in [-0.1, -0.05) is 48.4 Å². The van der Waals surface area contributed by atoms with Crippen LogP contribution in [0.5, 0.6) is 5.75 Å². The third-order valence-corrected chi connectivity index (χ3v) is 7.09. The third kappa shape index (κ3) is 7.86. The molecule has 0 saturated heterocycles. The first-order valence-corrected chi connectivity index (χ1v) is 13.6. The van der Waals surface area contributed by atoms with Crippen molar-refractivity contribution in [3.05, 3.63) is 58.6 Å². The summed E-state index contributed by atoms with van der Waals surface area (Å²) in [5.41, 5.74) is 2.02. The van der Waals surface area contributed by atoms with Gasteiger partial charge in [0, 0.05) is 17.6 Å². The Kier molecular flexibility index (Phi) is 9.97. The molecule has 0 fully saturated rings. The van der Waals surface area contributed by atoms with E-state index >= 15 is 0 Å². The summed E-state index contributed by atoms with van der Waals surface area (Å²) in [6, 6.07) is 11.2. The summed E-state index contributed by atoms with van der Waals surface area (Å²) in [6.07, 6.45) is 1.74. The number of benzene rings is 2. The highest BCUT2D eigenvalue weighted by atomic mass is 35.5.